The normalized spacial score (nSPS) is 29.4. The first-order valence-corrected chi connectivity index (χ1v) is 16.6. The minimum Gasteiger partial charge on any atom is -0.272 e. The van der Waals surface area contributed by atoms with Crippen LogP contribution in [0.2, 0.25) is 0 Å². The van der Waals surface area contributed by atoms with Gasteiger partial charge in [-0.1, -0.05) is 12.2 Å². The Morgan fingerprint density at radius 2 is 0.800 bits per heavy atom. The predicted octanol–water partition coefficient (Wildman–Crippen LogP) is 1.85. The number of imide groups is 2. The van der Waals surface area contributed by atoms with E-state index in [4.69, 9.17) is 8.57 Å². The molecule has 3 fully saturated rings. The lowest BCUT2D eigenvalue weighted by Gasteiger charge is -2.44. The van der Waals surface area contributed by atoms with Crippen molar-refractivity contribution in [3.63, 3.8) is 0 Å². The Bertz CT molecular complexity index is 1550. The van der Waals surface area contributed by atoms with E-state index in [2.05, 4.69) is 0 Å². The summed E-state index contributed by atoms with van der Waals surface area (Å²) in [6.07, 6.45) is 3.05. The number of amides is 4. The van der Waals surface area contributed by atoms with E-state index in [0.29, 0.717) is 0 Å². The summed E-state index contributed by atoms with van der Waals surface area (Å²) in [6.45, 7) is 0. The number of halogens is 2. The van der Waals surface area contributed by atoms with Crippen LogP contribution < -0.4 is 0 Å². The molecule has 2 bridgehead atoms. The van der Waals surface area contributed by atoms with Crippen LogP contribution in [0.1, 0.15) is 0 Å². The molecular weight excluding hydrogens is 794 g/mol. The van der Waals surface area contributed by atoms with Crippen LogP contribution in [0.25, 0.3) is 0 Å². The fourth-order valence-corrected chi connectivity index (χ4v) is 8.32. The minimum absolute atomic E-state index is 0.196. The first-order chi connectivity index (χ1) is 18.8. The Balaban J connectivity index is 1.27. The van der Waals surface area contributed by atoms with E-state index in [1.807, 2.05) is 45.2 Å². The Morgan fingerprint density at radius 3 is 1.07 bits per heavy atom. The summed E-state index contributed by atoms with van der Waals surface area (Å²) < 4.78 is 62.7. The number of rotatable bonds is 6. The molecule has 4 amide bonds. The van der Waals surface area contributed by atoms with Gasteiger partial charge in [0.15, 0.2) is 0 Å². The molecule has 3 aliphatic carbocycles. The molecule has 5 aliphatic rings. The van der Waals surface area contributed by atoms with E-state index in [-0.39, 0.29) is 19.9 Å². The Labute approximate surface area is 255 Å². The number of nitrogens with zero attached hydrogens (tertiary/aromatic N) is 2. The van der Waals surface area contributed by atoms with E-state index in [1.165, 1.54) is 60.7 Å². The van der Waals surface area contributed by atoms with Gasteiger partial charge in [0.25, 0.3) is 23.6 Å². The minimum atomic E-state index is -4.55. The fraction of sp³-hybridized carbons (Fsp3) is 0.250. The van der Waals surface area contributed by atoms with Crippen LogP contribution in [0, 0.1) is 42.6 Å². The number of hydroxylamine groups is 4. The molecule has 0 N–H and O–H groups in total. The lowest BCUT2D eigenvalue weighted by molar-refractivity contribution is -0.166. The quantitative estimate of drug-likeness (QED) is 0.239. The molecule has 0 radical (unpaired) electrons. The highest BCUT2D eigenvalue weighted by atomic mass is 127. The summed E-state index contributed by atoms with van der Waals surface area (Å²) in [5.74, 6) is -10.6. The van der Waals surface area contributed by atoms with Crippen LogP contribution >= 0.6 is 45.2 Å². The molecule has 2 aliphatic heterocycles. The molecule has 2 aromatic carbocycles. The number of hydrogen-bond acceptors (Lipinski definition) is 10. The van der Waals surface area contributed by atoms with Gasteiger partial charge in [-0.25, -0.2) is 0 Å². The fourth-order valence-electron chi connectivity index (χ4n) is 5.80. The zero-order valence-electron chi connectivity index (χ0n) is 19.8. The van der Waals surface area contributed by atoms with Crippen molar-refractivity contribution in [1.82, 2.24) is 10.1 Å². The van der Waals surface area contributed by atoms with Gasteiger partial charge in [0.2, 0.25) is 0 Å². The van der Waals surface area contributed by atoms with Crippen LogP contribution in [-0.2, 0) is 48.0 Å². The molecule has 12 nitrogen and oxygen atoms in total. The highest BCUT2D eigenvalue weighted by molar-refractivity contribution is 14.1. The predicted molar refractivity (Wildman–Crippen MR) is 149 cm³/mol. The monoisotopic (exact) mass is 810 g/mol. The summed E-state index contributed by atoms with van der Waals surface area (Å²) in [7, 11) is -9.10. The van der Waals surface area contributed by atoms with Gasteiger partial charge < -0.3 is 0 Å². The third-order valence-corrected chi connectivity index (χ3v) is 11.3. The summed E-state index contributed by atoms with van der Waals surface area (Å²) in [6, 6.07) is 11.1. The van der Waals surface area contributed by atoms with Crippen molar-refractivity contribution in [2.45, 2.75) is 9.79 Å². The van der Waals surface area contributed by atoms with Crippen molar-refractivity contribution in [3.05, 3.63) is 67.8 Å². The average molecular weight is 810 g/mol. The van der Waals surface area contributed by atoms with Gasteiger partial charge in [0.1, 0.15) is 0 Å². The summed E-state index contributed by atoms with van der Waals surface area (Å²) >= 11 is 3.96. The van der Waals surface area contributed by atoms with Gasteiger partial charge in [-0.05, 0) is 93.7 Å². The second-order valence-corrected chi connectivity index (χ2v) is 15.1. The second-order valence-electron chi connectivity index (χ2n) is 9.55. The van der Waals surface area contributed by atoms with Crippen molar-refractivity contribution >= 4 is 89.0 Å². The van der Waals surface area contributed by atoms with Crippen molar-refractivity contribution in [2.75, 3.05) is 0 Å². The van der Waals surface area contributed by atoms with Gasteiger partial charge in [-0.2, -0.15) is 16.8 Å². The number of carbonyl (C=O) groups excluding carboxylic acids is 4. The van der Waals surface area contributed by atoms with Gasteiger partial charge in [0, 0.05) is 19.0 Å². The van der Waals surface area contributed by atoms with Gasteiger partial charge in [0.05, 0.1) is 33.5 Å². The van der Waals surface area contributed by atoms with E-state index >= 15 is 0 Å². The third kappa shape index (κ3) is 4.25. The molecule has 40 heavy (non-hydrogen) atoms. The largest absolute Gasteiger partial charge is 0.318 e. The Hall–Kier alpha value is -2.26. The van der Waals surface area contributed by atoms with Crippen molar-refractivity contribution < 1.29 is 44.6 Å². The van der Waals surface area contributed by atoms with E-state index in [0.717, 1.165) is 7.14 Å². The Morgan fingerprint density at radius 1 is 0.525 bits per heavy atom. The molecule has 0 aromatic heterocycles. The van der Waals surface area contributed by atoms with Gasteiger partial charge in [-0.15, -0.1) is 18.7 Å². The maximum Gasteiger partial charge on any atom is 0.318 e. The standard InChI is InChI=1S/C24H16I2N2O10S2/c25-11-1-5-13(6-2-11)39(33,34)37-27-21(29)17-15-9-10-16(18(17)22(27)30)20-19(15)23(31)28(24(20)32)38-40(35,36)14-7-3-12(26)4-8-14/h1-10,15-20H. The van der Waals surface area contributed by atoms with Crippen LogP contribution in [0.15, 0.2) is 70.5 Å². The highest BCUT2D eigenvalue weighted by Crippen LogP contribution is 2.58. The molecule has 208 valence electrons. The number of hydrogen-bond donors (Lipinski definition) is 0. The van der Waals surface area contributed by atoms with E-state index in [9.17, 15) is 36.0 Å². The average Bonchev–Trinajstić information content (AvgIpc) is 3.32. The lowest BCUT2D eigenvalue weighted by Crippen LogP contribution is -2.50. The molecule has 16 heteroatoms. The van der Waals surface area contributed by atoms with Crippen molar-refractivity contribution in [2.24, 2.45) is 35.5 Å². The van der Waals surface area contributed by atoms with Crippen LogP contribution in [-0.4, -0.2) is 50.6 Å². The molecule has 2 saturated heterocycles. The molecular formula is C24H16I2N2O10S2. The maximum atomic E-state index is 13.3. The van der Waals surface area contributed by atoms with Crippen LogP contribution in [0.5, 0.6) is 0 Å². The van der Waals surface area contributed by atoms with E-state index in [1.54, 1.807) is 0 Å². The van der Waals surface area contributed by atoms with Gasteiger partial charge in [-0.3, -0.25) is 19.2 Å². The molecule has 4 atom stereocenters. The first kappa shape index (κ1) is 27.9. The summed E-state index contributed by atoms with van der Waals surface area (Å²) in [5.41, 5.74) is 0. The van der Waals surface area contributed by atoms with Crippen LogP contribution in [0.4, 0.5) is 0 Å². The lowest BCUT2D eigenvalue weighted by atomic mass is 9.54. The SMILES string of the molecule is O=C1C2C3C=CC(C2C(=O)N1OS(=O)(=O)c1ccc(I)cc1)C1C(=O)N(OS(=O)(=O)c2ccc(I)cc2)C(=O)C31. The van der Waals surface area contributed by atoms with Crippen LogP contribution in [0.3, 0.4) is 0 Å². The zero-order chi connectivity index (χ0) is 28.7. The first-order valence-electron chi connectivity index (χ1n) is 11.7. The van der Waals surface area contributed by atoms with Crippen molar-refractivity contribution in [1.29, 1.82) is 0 Å². The molecule has 7 rings (SSSR count). The maximum absolute atomic E-state index is 13.3. The summed E-state index contributed by atoms with van der Waals surface area (Å²) in [5, 5.41) is 0.391. The third-order valence-electron chi connectivity index (χ3n) is 7.48. The number of allylic oxidation sites excluding steroid dienone is 2. The molecule has 1 saturated carbocycles. The molecule has 2 heterocycles. The second kappa shape index (κ2) is 9.65. The molecule has 2 aromatic rings. The summed E-state index contributed by atoms with van der Waals surface area (Å²) in [4.78, 5) is 52.8. The van der Waals surface area contributed by atoms with Gasteiger partial charge >= 0.3 is 20.2 Å². The Kier molecular flexibility index (Phi) is 6.73. The number of carbonyl (C=O) groups is 4. The molecule has 0 spiro atoms. The zero-order valence-corrected chi connectivity index (χ0v) is 25.7. The molecule has 4 unspecified atom stereocenters. The topological polar surface area (TPSA) is 161 Å². The number of benzene rings is 2. The van der Waals surface area contributed by atoms with Crippen molar-refractivity contribution in [3.8, 4) is 0 Å². The van der Waals surface area contributed by atoms with E-state index < -0.39 is 79.4 Å². The highest BCUT2D eigenvalue weighted by Gasteiger charge is 2.70. The smallest absolute Gasteiger partial charge is 0.272 e.